The zero-order chi connectivity index (χ0) is 28.6. The average Bonchev–Trinajstić information content (AvgIpc) is 3.67. The summed E-state index contributed by atoms with van der Waals surface area (Å²) in [5.74, 6) is 2.81. The van der Waals surface area contributed by atoms with Crippen molar-refractivity contribution in [3.8, 4) is 0 Å². The second kappa shape index (κ2) is 12.9. The number of hydrogen-bond donors (Lipinski definition) is 0. The molecule has 0 saturated carbocycles. The van der Waals surface area contributed by atoms with Crippen molar-refractivity contribution in [2.24, 2.45) is 0 Å². The summed E-state index contributed by atoms with van der Waals surface area (Å²) in [6.45, 7) is 17.2. The summed E-state index contributed by atoms with van der Waals surface area (Å²) >= 11 is 0. The zero-order valence-corrected chi connectivity index (χ0v) is 27.4. The van der Waals surface area contributed by atoms with Gasteiger partial charge < -0.3 is 29.9 Å². The minimum absolute atomic E-state index is 0. The summed E-state index contributed by atoms with van der Waals surface area (Å²) in [6, 6.07) is 0. The van der Waals surface area contributed by atoms with Crippen molar-refractivity contribution >= 4 is 67.9 Å². The molecule has 0 aromatic carbocycles. The Morgan fingerprint density at radius 2 is 0.561 bits per heavy atom. The van der Waals surface area contributed by atoms with Crippen LogP contribution in [-0.2, 0) is 25.7 Å². The largest absolute Gasteiger partial charge is 2.00 e. The molecular formula is C32H40MgN8. The molecule has 5 heterocycles. The minimum Gasteiger partial charge on any atom is -0.358 e. The van der Waals surface area contributed by atoms with E-state index in [1.807, 2.05) is 0 Å². The second-order valence-electron chi connectivity index (χ2n) is 10.1. The molecule has 0 fully saturated rings. The molecule has 0 saturated heterocycles. The summed E-state index contributed by atoms with van der Waals surface area (Å²) in [5, 5.41) is 0. The molecule has 210 valence electrons. The normalized spacial score (nSPS) is 13.3. The van der Waals surface area contributed by atoms with Gasteiger partial charge in [-0.2, -0.15) is 0 Å². The van der Waals surface area contributed by atoms with Gasteiger partial charge in [-0.3, -0.25) is 0 Å². The molecule has 3 aromatic rings. The minimum atomic E-state index is 0. The third kappa shape index (κ3) is 5.27. The number of fused-ring (bicyclic) bond motifs is 8. The van der Waals surface area contributed by atoms with Gasteiger partial charge in [-0.25, -0.2) is 9.97 Å². The summed E-state index contributed by atoms with van der Waals surface area (Å²) in [4.78, 5) is 40.3. The van der Waals surface area contributed by atoms with Crippen LogP contribution in [0.4, 0.5) is 0 Å². The molecule has 0 atom stereocenters. The molecule has 41 heavy (non-hydrogen) atoms. The van der Waals surface area contributed by atoms with Crippen molar-refractivity contribution < 1.29 is 0 Å². The second-order valence-corrected chi connectivity index (χ2v) is 10.1. The molecule has 0 spiro atoms. The van der Waals surface area contributed by atoms with Gasteiger partial charge in [0.1, 0.15) is 0 Å². The molecule has 2 aliphatic rings. The van der Waals surface area contributed by atoms with Crippen LogP contribution in [0.25, 0.3) is 44.9 Å². The van der Waals surface area contributed by atoms with Crippen LogP contribution in [0.15, 0.2) is 0 Å². The first-order valence-electron chi connectivity index (χ1n) is 15.1. The van der Waals surface area contributed by atoms with Crippen LogP contribution in [0.5, 0.6) is 0 Å². The SMILES string of the molecule is CCC1=C(CC)c2nc1nc1[n-]c(nc3nc(nc4[n-]c(n2)c(CC)c4CC)C(CC)=C3CC)c(CC)c1CC.[Mg+2]. The smallest absolute Gasteiger partial charge is 0.358 e. The maximum Gasteiger partial charge on any atom is 2.00 e. The van der Waals surface area contributed by atoms with Gasteiger partial charge in [0, 0.05) is 22.6 Å². The van der Waals surface area contributed by atoms with Gasteiger partial charge in [-0.1, -0.05) is 55.4 Å². The van der Waals surface area contributed by atoms with E-state index in [1.165, 1.54) is 0 Å². The quantitative estimate of drug-likeness (QED) is 0.288. The molecule has 8 bridgehead atoms. The van der Waals surface area contributed by atoms with E-state index in [-0.39, 0.29) is 23.1 Å². The van der Waals surface area contributed by atoms with E-state index in [1.54, 1.807) is 0 Å². The Labute approximate surface area is 259 Å². The van der Waals surface area contributed by atoms with E-state index in [9.17, 15) is 0 Å². The topological polar surface area (TPSA) is 106 Å². The van der Waals surface area contributed by atoms with E-state index in [0.29, 0.717) is 45.9 Å². The Morgan fingerprint density at radius 3 is 0.732 bits per heavy atom. The molecular weight excluding hydrogens is 521 g/mol. The molecule has 0 unspecified atom stereocenters. The zero-order valence-electron chi connectivity index (χ0n) is 25.9. The number of nitrogens with zero attached hydrogens (tertiary/aromatic N) is 8. The number of rotatable bonds is 8. The van der Waals surface area contributed by atoms with Gasteiger partial charge in [0.15, 0.2) is 0 Å². The van der Waals surface area contributed by atoms with Crippen LogP contribution in [0, 0.1) is 0 Å². The molecule has 0 aliphatic carbocycles. The average molecular weight is 561 g/mol. The fourth-order valence-corrected chi connectivity index (χ4v) is 6.13. The number of hydrogen-bond acceptors (Lipinski definition) is 6. The standard InChI is InChI=1S/C32H40N8.Mg/c1-9-17-18(10-2)26-33-25(17)37-27-19(11-3)20(12-4)29(34-27)39-31-23(15-7)24(16-8)32(36-31)40-30-22(14-6)21(13-5)28(35-30)38-26;/h9-16H2,1-8H3;/q-2;+2. The maximum absolute atomic E-state index is 5.08. The van der Waals surface area contributed by atoms with Gasteiger partial charge in [0.05, 0.1) is 23.3 Å². The number of aromatic nitrogens is 8. The summed E-state index contributed by atoms with van der Waals surface area (Å²) in [5.41, 5.74) is 11.8. The summed E-state index contributed by atoms with van der Waals surface area (Å²) in [6.07, 6.45) is 6.56. The third-order valence-corrected chi connectivity index (χ3v) is 8.14. The van der Waals surface area contributed by atoms with Gasteiger partial charge in [0.2, 0.25) is 0 Å². The van der Waals surface area contributed by atoms with Gasteiger partial charge in [-0.05, 0) is 95.9 Å². The number of allylic oxidation sites excluding steroid dienone is 4. The first-order chi connectivity index (χ1) is 19.5. The third-order valence-electron chi connectivity index (χ3n) is 8.14. The fourth-order valence-electron chi connectivity index (χ4n) is 6.13. The molecule has 3 aromatic heterocycles. The molecule has 8 nitrogen and oxygen atoms in total. The van der Waals surface area contributed by atoms with Gasteiger partial charge in [-0.15, -0.1) is 0 Å². The fraction of sp³-hybridized carbons (Fsp3) is 0.500. The van der Waals surface area contributed by atoms with E-state index in [0.717, 1.165) is 95.9 Å². The van der Waals surface area contributed by atoms with Crippen molar-refractivity contribution in [3.63, 3.8) is 0 Å². The Morgan fingerprint density at radius 1 is 0.341 bits per heavy atom. The summed E-state index contributed by atoms with van der Waals surface area (Å²) < 4.78 is 0. The van der Waals surface area contributed by atoms with Crippen molar-refractivity contribution in [3.05, 3.63) is 45.6 Å². The Bertz CT molecular complexity index is 1450. The molecule has 5 rings (SSSR count). The van der Waals surface area contributed by atoms with E-state index >= 15 is 0 Å². The molecule has 0 N–H and O–H groups in total. The summed E-state index contributed by atoms with van der Waals surface area (Å²) in [7, 11) is 0. The van der Waals surface area contributed by atoms with Crippen LogP contribution in [0.2, 0.25) is 0 Å². The molecule has 0 radical (unpaired) electrons. The van der Waals surface area contributed by atoms with Crippen molar-refractivity contribution in [1.82, 2.24) is 39.9 Å². The van der Waals surface area contributed by atoms with E-state index < -0.39 is 0 Å². The van der Waals surface area contributed by atoms with Gasteiger partial charge >= 0.3 is 23.1 Å². The van der Waals surface area contributed by atoms with Crippen LogP contribution in [0.1, 0.15) is 127 Å². The first-order valence-corrected chi connectivity index (χ1v) is 15.1. The number of aryl methyl sites for hydroxylation is 4. The Balaban J connectivity index is 0.00000387. The van der Waals surface area contributed by atoms with Crippen molar-refractivity contribution in [1.29, 1.82) is 0 Å². The Kier molecular flexibility index (Phi) is 9.80. The molecule has 0 amide bonds. The predicted octanol–water partition coefficient (Wildman–Crippen LogP) is 6.48. The van der Waals surface area contributed by atoms with Crippen molar-refractivity contribution in [2.75, 3.05) is 0 Å². The Hall–Kier alpha value is -2.91. The van der Waals surface area contributed by atoms with Crippen LogP contribution < -0.4 is 9.97 Å². The van der Waals surface area contributed by atoms with Crippen molar-refractivity contribution in [2.45, 2.75) is 107 Å². The van der Waals surface area contributed by atoms with Crippen LogP contribution in [-0.4, -0.2) is 53.0 Å². The molecule has 9 heteroatoms. The predicted molar refractivity (Wildman–Crippen MR) is 168 cm³/mol. The first kappa shape index (κ1) is 31.0. The van der Waals surface area contributed by atoms with E-state index in [2.05, 4.69) is 55.4 Å². The van der Waals surface area contributed by atoms with Gasteiger partial charge in [0.25, 0.3) is 0 Å². The van der Waals surface area contributed by atoms with Crippen LogP contribution in [0.3, 0.4) is 0 Å². The van der Waals surface area contributed by atoms with E-state index in [4.69, 9.17) is 39.9 Å². The monoisotopic (exact) mass is 560 g/mol. The van der Waals surface area contributed by atoms with Crippen LogP contribution >= 0.6 is 0 Å². The molecule has 2 aliphatic heterocycles. The maximum atomic E-state index is 5.08.